The fourth-order valence-electron chi connectivity index (χ4n) is 2.17. The lowest BCUT2D eigenvalue weighted by molar-refractivity contribution is 0.177. The van der Waals surface area contributed by atoms with Gasteiger partial charge in [-0.2, -0.15) is 5.26 Å². The number of hydrogen-bond acceptors (Lipinski definition) is 5. The third-order valence-electron chi connectivity index (χ3n) is 3.35. The molecule has 1 aromatic heterocycles. The molecular formula is C14H19N5O2. The van der Waals surface area contributed by atoms with Gasteiger partial charge in [-0.3, -0.25) is 0 Å². The first-order valence-electron chi connectivity index (χ1n) is 6.87. The number of carbonyl (C=O) groups excluding carboxylic acids is 1. The molecule has 2 heterocycles. The van der Waals surface area contributed by atoms with Gasteiger partial charge in [-0.15, -0.1) is 0 Å². The Kier molecular flexibility index (Phi) is 5.35. The lowest BCUT2D eigenvalue weighted by atomic mass is 10.2. The Morgan fingerprint density at radius 2 is 2.24 bits per heavy atom. The van der Waals surface area contributed by atoms with Gasteiger partial charge in [0, 0.05) is 46.0 Å². The normalized spacial score (nSPS) is 14.7. The molecule has 1 aliphatic rings. The standard InChI is InChI=1S/C14H19N5O2/c1-21-9-4-17-14(20)19-7-5-18(6-8-19)13-10-12(11-15)2-3-16-13/h2-3,10H,4-9H2,1H3,(H,17,20). The number of urea groups is 1. The maximum Gasteiger partial charge on any atom is 0.317 e. The number of piperazine rings is 1. The first kappa shape index (κ1) is 15.1. The highest BCUT2D eigenvalue weighted by Gasteiger charge is 2.21. The smallest absolute Gasteiger partial charge is 0.317 e. The van der Waals surface area contributed by atoms with E-state index in [4.69, 9.17) is 10.00 Å². The van der Waals surface area contributed by atoms with Crippen molar-refractivity contribution in [3.05, 3.63) is 23.9 Å². The average Bonchev–Trinajstić information content (AvgIpc) is 2.55. The van der Waals surface area contributed by atoms with Crippen LogP contribution in [0.1, 0.15) is 5.56 Å². The minimum atomic E-state index is -0.0644. The SMILES string of the molecule is COCCNC(=O)N1CCN(c2cc(C#N)ccn2)CC1. The van der Waals surface area contributed by atoms with Gasteiger partial charge in [0.2, 0.25) is 0 Å². The zero-order chi connectivity index (χ0) is 15.1. The number of nitrogens with zero attached hydrogens (tertiary/aromatic N) is 4. The van der Waals surface area contributed by atoms with Gasteiger partial charge in [-0.25, -0.2) is 9.78 Å². The molecule has 1 aromatic rings. The maximum absolute atomic E-state index is 11.9. The molecule has 0 atom stereocenters. The molecular weight excluding hydrogens is 270 g/mol. The molecule has 2 rings (SSSR count). The van der Waals surface area contributed by atoms with E-state index < -0.39 is 0 Å². The van der Waals surface area contributed by atoms with Crippen molar-refractivity contribution in [1.29, 1.82) is 5.26 Å². The molecule has 0 spiro atoms. The lowest BCUT2D eigenvalue weighted by Gasteiger charge is -2.35. The predicted octanol–water partition coefficient (Wildman–Crippen LogP) is 0.431. The van der Waals surface area contributed by atoms with E-state index in [1.807, 2.05) is 0 Å². The van der Waals surface area contributed by atoms with Crippen molar-refractivity contribution in [3.8, 4) is 6.07 Å². The summed E-state index contributed by atoms with van der Waals surface area (Å²) in [6, 6.07) is 5.50. The Morgan fingerprint density at radius 3 is 2.90 bits per heavy atom. The van der Waals surface area contributed by atoms with Gasteiger partial charge in [0.05, 0.1) is 18.2 Å². The summed E-state index contributed by atoms with van der Waals surface area (Å²) in [7, 11) is 1.60. The van der Waals surface area contributed by atoms with E-state index in [2.05, 4.69) is 21.3 Å². The highest BCUT2D eigenvalue weighted by Crippen LogP contribution is 2.14. The molecule has 1 saturated heterocycles. The van der Waals surface area contributed by atoms with Crippen molar-refractivity contribution in [2.45, 2.75) is 0 Å². The number of carbonyl (C=O) groups is 1. The first-order chi connectivity index (χ1) is 10.2. The van der Waals surface area contributed by atoms with Crippen LogP contribution in [0.2, 0.25) is 0 Å². The summed E-state index contributed by atoms with van der Waals surface area (Å²) in [6.45, 7) is 3.71. The van der Waals surface area contributed by atoms with Gasteiger partial charge in [-0.05, 0) is 12.1 Å². The molecule has 0 unspecified atom stereocenters. The number of aromatic nitrogens is 1. The van der Waals surface area contributed by atoms with Crippen LogP contribution < -0.4 is 10.2 Å². The van der Waals surface area contributed by atoms with Crippen molar-refractivity contribution in [1.82, 2.24) is 15.2 Å². The number of amides is 2. The van der Waals surface area contributed by atoms with E-state index in [1.165, 1.54) is 0 Å². The highest BCUT2D eigenvalue weighted by molar-refractivity contribution is 5.74. The van der Waals surface area contributed by atoms with Crippen LogP contribution in [0, 0.1) is 11.3 Å². The Labute approximate surface area is 124 Å². The zero-order valence-electron chi connectivity index (χ0n) is 12.1. The fraction of sp³-hybridized carbons (Fsp3) is 0.500. The van der Waals surface area contributed by atoms with Crippen molar-refractivity contribution in [2.75, 3.05) is 51.3 Å². The quantitative estimate of drug-likeness (QED) is 0.813. The van der Waals surface area contributed by atoms with Crippen LogP contribution >= 0.6 is 0 Å². The summed E-state index contributed by atoms with van der Waals surface area (Å²) in [6.07, 6.45) is 1.64. The molecule has 0 bridgehead atoms. The number of anilines is 1. The van der Waals surface area contributed by atoms with E-state index in [1.54, 1.807) is 30.3 Å². The van der Waals surface area contributed by atoms with Gasteiger partial charge < -0.3 is 19.9 Å². The highest BCUT2D eigenvalue weighted by atomic mass is 16.5. The van der Waals surface area contributed by atoms with E-state index in [9.17, 15) is 4.79 Å². The molecule has 2 amide bonds. The van der Waals surface area contributed by atoms with Crippen LogP contribution in [-0.4, -0.2) is 62.4 Å². The average molecular weight is 289 g/mol. The Morgan fingerprint density at radius 1 is 1.48 bits per heavy atom. The predicted molar refractivity (Wildman–Crippen MR) is 78.0 cm³/mol. The third kappa shape index (κ3) is 4.07. The van der Waals surface area contributed by atoms with Crippen LogP contribution in [0.3, 0.4) is 0 Å². The number of nitriles is 1. The summed E-state index contributed by atoms with van der Waals surface area (Å²) in [4.78, 5) is 20.0. The number of rotatable bonds is 4. The van der Waals surface area contributed by atoms with E-state index in [0.717, 1.165) is 5.82 Å². The molecule has 112 valence electrons. The molecule has 7 heteroatoms. The maximum atomic E-state index is 11.9. The van der Waals surface area contributed by atoms with E-state index in [-0.39, 0.29) is 6.03 Å². The second kappa shape index (κ2) is 7.45. The molecule has 0 aliphatic carbocycles. The van der Waals surface area contributed by atoms with E-state index in [0.29, 0.717) is 44.9 Å². The Bertz CT molecular complexity index is 520. The fourth-order valence-corrected chi connectivity index (χ4v) is 2.17. The topological polar surface area (TPSA) is 81.5 Å². The van der Waals surface area contributed by atoms with Crippen LogP contribution in [-0.2, 0) is 4.74 Å². The van der Waals surface area contributed by atoms with Crippen LogP contribution in [0.5, 0.6) is 0 Å². The Balaban J connectivity index is 1.85. The van der Waals surface area contributed by atoms with Crippen molar-refractivity contribution < 1.29 is 9.53 Å². The summed E-state index contributed by atoms with van der Waals surface area (Å²) < 4.78 is 4.90. The number of nitrogens with one attached hydrogen (secondary N) is 1. The second-order valence-corrected chi connectivity index (χ2v) is 4.71. The molecule has 0 aromatic carbocycles. The van der Waals surface area contributed by atoms with Gasteiger partial charge in [-0.1, -0.05) is 0 Å². The summed E-state index contributed by atoms with van der Waals surface area (Å²) >= 11 is 0. The Hall–Kier alpha value is -2.33. The minimum Gasteiger partial charge on any atom is -0.383 e. The van der Waals surface area contributed by atoms with Gasteiger partial charge in [0.1, 0.15) is 5.82 Å². The monoisotopic (exact) mass is 289 g/mol. The molecule has 1 N–H and O–H groups in total. The molecule has 0 radical (unpaired) electrons. The van der Waals surface area contributed by atoms with Crippen LogP contribution in [0.25, 0.3) is 0 Å². The van der Waals surface area contributed by atoms with Gasteiger partial charge in [0.15, 0.2) is 0 Å². The van der Waals surface area contributed by atoms with Gasteiger partial charge in [0.25, 0.3) is 0 Å². The number of ether oxygens (including phenoxy) is 1. The molecule has 0 saturated carbocycles. The molecule has 7 nitrogen and oxygen atoms in total. The number of pyridine rings is 1. The lowest BCUT2D eigenvalue weighted by Crippen LogP contribution is -2.52. The van der Waals surface area contributed by atoms with Crippen molar-refractivity contribution >= 4 is 11.8 Å². The van der Waals surface area contributed by atoms with Crippen LogP contribution in [0.15, 0.2) is 18.3 Å². The largest absolute Gasteiger partial charge is 0.383 e. The van der Waals surface area contributed by atoms with Crippen LogP contribution in [0.4, 0.5) is 10.6 Å². The zero-order valence-corrected chi connectivity index (χ0v) is 12.1. The molecule has 21 heavy (non-hydrogen) atoms. The number of methoxy groups -OCH3 is 1. The van der Waals surface area contributed by atoms with E-state index >= 15 is 0 Å². The number of hydrogen-bond donors (Lipinski definition) is 1. The first-order valence-corrected chi connectivity index (χ1v) is 6.87. The van der Waals surface area contributed by atoms with Crippen molar-refractivity contribution in [2.24, 2.45) is 0 Å². The third-order valence-corrected chi connectivity index (χ3v) is 3.35. The molecule has 1 aliphatic heterocycles. The summed E-state index contributed by atoms with van der Waals surface area (Å²) in [5, 5.41) is 11.7. The van der Waals surface area contributed by atoms with Gasteiger partial charge >= 0.3 is 6.03 Å². The second-order valence-electron chi connectivity index (χ2n) is 4.71. The summed E-state index contributed by atoms with van der Waals surface area (Å²) in [5.74, 6) is 0.786. The summed E-state index contributed by atoms with van der Waals surface area (Å²) in [5.41, 5.74) is 0.597. The van der Waals surface area contributed by atoms with Crippen molar-refractivity contribution in [3.63, 3.8) is 0 Å². The minimum absolute atomic E-state index is 0.0644. The molecule has 1 fully saturated rings.